The van der Waals surface area contributed by atoms with Crippen molar-refractivity contribution in [2.45, 2.75) is 152 Å². The first-order chi connectivity index (χ1) is 19.8. The molecule has 2 aromatic carbocycles. The van der Waals surface area contributed by atoms with Crippen LogP contribution >= 0.6 is 23.5 Å². The van der Waals surface area contributed by atoms with Crippen LogP contribution in [0.1, 0.15) is 138 Å². The largest absolute Gasteiger partial charge is 0.507 e. The number of thioether (sulfide) groups is 2. The Morgan fingerprint density at radius 1 is 0.614 bits per heavy atom. The van der Waals surface area contributed by atoms with Gasteiger partial charge in [0.15, 0.2) is 0 Å². The first kappa shape index (κ1) is 38.1. The van der Waals surface area contributed by atoms with Gasteiger partial charge in [-0.05, 0) is 66.2 Å². The van der Waals surface area contributed by atoms with E-state index in [2.05, 4.69) is 121 Å². The third kappa shape index (κ3) is 10.5. The van der Waals surface area contributed by atoms with Gasteiger partial charge in [-0.15, -0.1) is 23.5 Å². The normalized spacial score (nSPS) is 13.2. The number of methoxy groups -OCH3 is 1. The van der Waals surface area contributed by atoms with E-state index in [-0.39, 0.29) is 50.5 Å². The molecule has 0 bridgehead atoms. The van der Waals surface area contributed by atoms with Gasteiger partial charge in [-0.1, -0.05) is 83.1 Å². The zero-order chi connectivity index (χ0) is 34.1. The molecule has 0 atom stereocenters. The van der Waals surface area contributed by atoms with E-state index in [1.54, 1.807) is 23.5 Å². The second kappa shape index (κ2) is 13.7. The average Bonchev–Trinajstić information content (AvgIpc) is 2.82. The van der Waals surface area contributed by atoms with Crippen molar-refractivity contribution in [3.8, 4) is 11.5 Å². The van der Waals surface area contributed by atoms with Crippen molar-refractivity contribution in [2.75, 3.05) is 7.11 Å². The quantitative estimate of drug-likeness (QED) is 0.126. The Morgan fingerprint density at radius 3 is 1.30 bits per heavy atom. The number of esters is 2. The van der Waals surface area contributed by atoms with Crippen molar-refractivity contribution < 1.29 is 24.2 Å². The van der Waals surface area contributed by atoms with Crippen LogP contribution < -0.4 is 4.74 Å². The van der Waals surface area contributed by atoms with Crippen LogP contribution in [0.15, 0.2) is 34.1 Å². The summed E-state index contributed by atoms with van der Waals surface area (Å²) < 4.78 is 10.6. The molecule has 0 unspecified atom stereocenters. The topological polar surface area (TPSA) is 72.8 Å². The molecule has 0 aliphatic heterocycles. The number of aromatic hydroxyl groups is 1. The van der Waals surface area contributed by atoms with Gasteiger partial charge >= 0.3 is 11.9 Å². The Labute approximate surface area is 275 Å². The summed E-state index contributed by atoms with van der Waals surface area (Å²) in [6.07, 6.45) is 0.704. The highest BCUT2D eigenvalue weighted by Crippen LogP contribution is 2.51. The lowest BCUT2D eigenvalue weighted by Gasteiger charge is -2.32. The lowest BCUT2D eigenvalue weighted by atomic mass is 9.79. The van der Waals surface area contributed by atoms with Crippen molar-refractivity contribution >= 4 is 35.5 Å². The fraction of sp³-hybridized carbons (Fsp3) is 0.622. The number of phenolic OH excluding ortho intramolecular Hbond substituents is 1. The van der Waals surface area contributed by atoms with Crippen LogP contribution in [0, 0.1) is 0 Å². The molecule has 0 heterocycles. The second-order valence-corrected chi connectivity index (χ2v) is 19.9. The smallest absolute Gasteiger partial charge is 0.311 e. The molecular formula is C37H56O5S2. The molecule has 1 N–H and O–H groups in total. The maximum absolute atomic E-state index is 13.0. The Bertz CT molecular complexity index is 1280. The van der Waals surface area contributed by atoms with E-state index in [1.807, 2.05) is 0 Å². The van der Waals surface area contributed by atoms with Crippen LogP contribution in [0.3, 0.4) is 0 Å². The van der Waals surface area contributed by atoms with Gasteiger partial charge in [-0.3, -0.25) is 9.59 Å². The van der Waals surface area contributed by atoms with E-state index in [0.717, 1.165) is 32.0 Å². The number of hydrogen-bond donors (Lipinski definition) is 1. The Balaban J connectivity index is 2.56. The Hall–Kier alpha value is -2.12. The minimum Gasteiger partial charge on any atom is -0.507 e. The molecule has 5 nitrogen and oxygen atoms in total. The van der Waals surface area contributed by atoms with E-state index in [9.17, 15) is 14.7 Å². The highest BCUT2D eigenvalue weighted by Gasteiger charge is 2.32. The molecule has 0 aromatic heterocycles. The molecule has 0 radical (unpaired) electrons. The number of ether oxygens (including phenoxy) is 2. The lowest BCUT2D eigenvalue weighted by molar-refractivity contribution is -0.141. The lowest BCUT2D eigenvalue weighted by Crippen LogP contribution is -2.22. The summed E-state index contributed by atoms with van der Waals surface area (Å²) in [4.78, 5) is 26.7. The van der Waals surface area contributed by atoms with Crippen LogP contribution in [0.5, 0.6) is 11.5 Å². The van der Waals surface area contributed by atoms with E-state index < -0.39 is 0 Å². The molecule has 44 heavy (non-hydrogen) atoms. The van der Waals surface area contributed by atoms with E-state index >= 15 is 0 Å². The molecular weight excluding hydrogens is 589 g/mol. The van der Waals surface area contributed by atoms with Gasteiger partial charge in [0.2, 0.25) is 0 Å². The number of rotatable bonds is 9. The average molecular weight is 645 g/mol. The summed E-state index contributed by atoms with van der Waals surface area (Å²) in [6, 6.07) is 8.61. The maximum atomic E-state index is 13.0. The summed E-state index contributed by atoms with van der Waals surface area (Å²) in [5, 5.41) is 11.2. The summed E-state index contributed by atoms with van der Waals surface area (Å²) in [6.45, 7) is 30.1. The van der Waals surface area contributed by atoms with Crippen molar-refractivity contribution in [2.24, 2.45) is 0 Å². The number of hydrogen-bond acceptors (Lipinski definition) is 7. The third-order valence-corrected chi connectivity index (χ3v) is 9.74. The molecule has 2 rings (SSSR count). The standard InChI is InChI=1S/C37H56O5S2/c1-33(2,3)25-19-23(20-26(31(25)40)34(4,5)6)43-37(13,14)44-24-21-27(35(7,8)9)32(28(22-24)36(10,11)12)42-30(39)18-16-17-29(38)41-15/h19-22,40H,16-18H2,1-15H3. The highest BCUT2D eigenvalue weighted by atomic mass is 32.2. The van der Waals surface area contributed by atoms with Crippen LogP contribution in [0.2, 0.25) is 0 Å². The molecule has 246 valence electrons. The van der Waals surface area contributed by atoms with E-state index in [1.165, 1.54) is 7.11 Å². The predicted octanol–water partition coefficient (Wildman–Crippen LogP) is 10.5. The van der Waals surface area contributed by atoms with Gasteiger partial charge in [-0.2, -0.15) is 0 Å². The number of benzene rings is 2. The zero-order valence-electron chi connectivity index (χ0n) is 29.8. The third-order valence-electron chi connectivity index (χ3n) is 7.31. The molecule has 0 saturated heterocycles. The van der Waals surface area contributed by atoms with Gasteiger partial charge in [0.25, 0.3) is 0 Å². The molecule has 0 aliphatic carbocycles. The molecule has 0 spiro atoms. The zero-order valence-corrected chi connectivity index (χ0v) is 31.5. The first-order valence-electron chi connectivity index (χ1n) is 15.5. The second-order valence-electron chi connectivity index (χ2n) is 16.2. The Morgan fingerprint density at radius 2 is 0.955 bits per heavy atom. The van der Waals surface area contributed by atoms with Crippen LogP contribution in [-0.2, 0) is 36.0 Å². The number of carbonyl (C=O) groups excluding carboxylic acids is 2. The fourth-order valence-corrected chi connectivity index (χ4v) is 7.51. The van der Waals surface area contributed by atoms with Crippen molar-refractivity contribution in [1.82, 2.24) is 0 Å². The van der Waals surface area contributed by atoms with Crippen LogP contribution in [0.25, 0.3) is 0 Å². The molecule has 0 fully saturated rings. The van der Waals surface area contributed by atoms with Crippen molar-refractivity contribution in [1.29, 1.82) is 0 Å². The maximum Gasteiger partial charge on any atom is 0.311 e. The Kier molecular flexibility index (Phi) is 11.9. The van der Waals surface area contributed by atoms with E-state index in [4.69, 9.17) is 9.47 Å². The highest BCUT2D eigenvalue weighted by molar-refractivity contribution is 8.18. The number of carbonyl (C=O) groups is 2. The van der Waals surface area contributed by atoms with Gasteiger partial charge in [-0.25, -0.2) is 0 Å². The molecule has 0 amide bonds. The minimum atomic E-state index is -0.349. The van der Waals surface area contributed by atoms with Crippen LogP contribution in [0.4, 0.5) is 0 Å². The van der Waals surface area contributed by atoms with Gasteiger partial charge in [0.1, 0.15) is 11.5 Å². The molecule has 0 aliphatic rings. The summed E-state index contributed by atoms with van der Waals surface area (Å²) in [5.74, 6) is 0.325. The first-order valence-corrected chi connectivity index (χ1v) is 17.1. The van der Waals surface area contributed by atoms with Gasteiger partial charge in [0, 0.05) is 44.9 Å². The summed E-state index contributed by atoms with van der Waals surface area (Å²) in [5.41, 5.74) is 2.90. The fourth-order valence-electron chi connectivity index (χ4n) is 4.93. The predicted molar refractivity (Wildman–Crippen MR) is 187 cm³/mol. The van der Waals surface area contributed by atoms with Crippen molar-refractivity contribution in [3.63, 3.8) is 0 Å². The number of phenols is 1. The molecule has 0 saturated carbocycles. The summed E-state index contributed by atoms with van der Waals surface area (Å²) in [7, 11) is 1.35. The van der Waals surface area contributed by atoms with Gasteiger partial charge < -0.3 is 14.6 Å². The monoisotopic (exact) mass is 644 g/mol. The van der Waals surface area contributed by atoms with E-state index in [0.29, 0.717) is 17.9 Å². The molecule has 7 heteroatoms. The molecule has 2 aromatic rings. The summed E-state index contributed by atoms with van der Waals surface area (Å²) >= 11 is 3.58. The van der Waals surface area contributed by atoms with Crippen molar-refractivity contribution in [3.05, 3.63) is 46.5 Å². The SMILES string of the molecule is COC(=O)CCCC(=O)Oc1c(C(C)(C)C)cc(SC(C)(C)Sc2cc(C(C)(C)C)c(O)c(C(C)(C)C)c2)cc1C(C)(C)C. The van der Waals surface area contributed by atoms with Gasteiger partial charge in [0.05, 0.1) is 11.2 Å². The minimum absolute atomic E-state index is 0.141. The van der Waals surface area contributed by atoms with Crippen LogP contribution in [-0.4, -0.2) is 28.2 Å².